The molecular weight excluding hydrogens is 248 g/mol. The van der Waals surface area contributed by atoms with Crippen LogP contribution in [0, 0.1) is 0 Å². The maximum absolute atomic E-state index is 10.9. The average Bonchev–Trinajstić information content (AvgIpc) is 2.37. The van der Waals surface area contributed by atoms with E-state index in [9.17, 15) is 10.2 Å². The molecule has 2 nitrogen and oxygen atoms in total. The first kappa shape index (κ1) is 13.2. The third-order valence-electron chi connectivity index (χ3n) is 4.45. The minimum atomic E-state index is -1.03. The first-order valence-corrected chi connectivity index (χ1v) is 7.20. The van der Waals surface area contributed by atoms with E-state index in [1.54, 1.807) is 31.2 Å². The van der Waals surface area contributed by atoms with Crippen LogP contribution in [-0.2, 0) is 5.60 Å². The van der Waals surface area contributed by atoms with Crippen LogP contribution in [-0.4, -0.2) is 10.2 Å². The van der Waals surface area contributed by atoms with Crippen molar-refractivity contribution < 1.29 is 10.2 Å². The van der Waals surface area contributed by atoms with Crippen molar-refractivity contribution in [2.45, 2.75) is 37.7 Å². The minimum Gasteiger partial charge on any atom is -0.508 e. The van der Waals surface area contributed by atoms with Crippen LogP contribution < -0.4 is 0 Å². The maximum atomic E-state index is 10.9. The predicted octanol–water partition coefficient (Wildman–Crippen LogP) is 3.92. The predicted molar refractivity (Wildman–Crippen MR) is 79.8 cm³/mol. The van der Waals surface area contributed by atoms with Gasteiger partial charge in [-0.15, -0.1) is 0 Å². The van der Waals surface area contributed by atoms with Gasteiger partial charge in [0.1, 0.15) is 11.4 Å². The number of benzene rings is 2. The molecule has 20 heavy (non-hydrogen) atoms. The van der Waals surface area contributed by atoms with E-state index in [4.69, 9.17) is 0 Å². The van der Waals surface area contributed by atoms with E-state index in [2.05, 4.69) is 12.1 Å². The molecule has 3 rings (SSSR count). The Balaban J connectivity index is 1.95. The fraction of sp³-hybridized carbons (Fsp3) is 0.333. The molecule has 1 saturated carbocycles. The molecule has 104 valence electrons. The Labute approximate surface area is 119 Å². The van der Waals surface area contributed by atoms with Crippen LogP contribution in [0.25, 0.3) is 0 Å². The highest BCUT2D eigenvalue weighted by Crippen LogP contribution is 2.38. The van der Waals surface area contributed by atoms with Crippen LogP contribution in [0.1, 0.15) is 48.8 Å². The fourth-order valence-electron chi connectivity index (χ4n) is 2.79. The van der Waals surface area contributed by atoms with Gasteiger partial charge in [-0.25, -0.2) is 0 Å². The molecule has 0 amide bonds. The van der Waals surface area contributed by atoms with Crippen molar-refractivity contribution in [3.8, 4) is 5.75 Å². The molecule has 2 heteroatoms. The lowest BCUT2D eigenvalue weighted by Crippen LogP contribution is -2.23. The minimum absolute atomic E-state index is 0.216. The summed E-state index contributed by atoms with van der Waals surface area (Å²) < 4.78 is 0. The van der Waals surface area contributed by atoms with Crippen molar-refractivity contribution in [3.05, 3.63) is 65.2 Å². The lowest BCUT2D eigenvalue weighted by Gasteiger charge is -2.29. The van der Waals surface area contributed by atoms with Crippen molar-refractivity contribution in [2.75, 3.05) is 0 Å². The Morgan fingerprint density at radius 3 is 2.30 bits per heavy atom. The SMILES string of the molecule is CC(O)(c1ccc(O)cc1)c1cccc(C2CCC2)c1. The van der Waals surface area contributed by atoms with Crippen LogP contribution in [0.2, 0.25) is 0 Å². The highest BCUT2D eigenvalue weighted by Gasteiger charge is 2.27. The topological polar surface area (TPSA) is 40.5 Å². The van der Waals surface area contributed by atoms with E-state index >= 15 is 0 Å². The second-order valence-corrected chi connectivity index (χ2v) is 5.87. The maximum Gasteiger partial charge on any atom is 0.115 e. The van der Waals surface area contributed by atoms with E-state index in [0.717, 1.165) is 11.1 Å². The van der Waals surface area contributed by atoms with Crippen LogP contribution in [0.5, 0.6) is 5.75 Å². The van der Waals surface area contributed by atoms with E-state index in [-0.39, 0.29) is 5.75 Å². The second-order valence-electron chi connectivity index (χ2n) is 5.87. The van der Waals surface area contributed by atoms with E-state index in [1.165, 1.54) is 24.8 Å². The molecule has 0 spiro atoms. The molecule has 0 heterocycles. The number of hydrogen-bond acceptors (Lipinski definition) is 2. The van der Waals surface area contributed by atoms with Gasteiger partial charge in [-0.05, 0) is 54.5 Å². The zero-order valence-electron chi connectivity index (χ0n) is 11.7. The zero-order chi connectivity index (χ0) is 14.2. The van der Waals surface area contributed by atoms with Gasteiger partial charge in [-0.1, -0.05) is 42.8 Å². The van der Waals surface area contributed by atoms with Gasteiger partial charge in [0.25, 0.3) is 0 Å². The molecule has 1 atom stereocenters. The first-order chi connectivity index (χ1) is 9.57. The zero-order valence-corrected chi connectivity index (χ0v) is 11.7. The summed E-state index contributed by atoms with van der Waals surface area (Å²) in [5.74, 6) is 0.873. The summed E-state index contributed by atoms with van der Waals surface area (Å²) in [4.78, 5) is 0. The normalized spacial score (nSPS) is 18.3. The first-order valence-electron chi connectivity index (χ1n) is 7.20. The van der Waals surface area contributed by atoms with E-state index < -0.39 is 5.60 Å². The quantitative estimate of drug-likeness (QED) is 0.886. The summed E-state index contributed by atoms with van der Waals surface area (Å²) in [7, 11) is 0. The summed E-state index contributed by atoms with van der Waals surface area (Å²) in [6.45, 7) is 1.80. The van der Waals surface area contributed by atoms with E-state index in [1.807, 2.05) is 12.1 Å². The molecule has 0 saturated heterocycles. The second kappa shape index (κ2) is 4.95. The van der Waals surface area contributed by atoms with Gasteiger partial charge < -0.3 is 10.2 Å². The smallest absolute Gasteiger partial charge is 0.115 e. The van der Waals surface area contributed by atoms with Gasteiger partial charge in [0.2, 0.25) is 0 Å². The van der Waals surface area contributed by atoms with Crippen molar-refractivity contribution >= 4 is 0 Å². The highest BCUT2D eigenvalue weighted by atomic mass is 16.3. The number of aliphatic hydroxyl groups is 1. The molecule has 1 aliphatic rings. The summed E-state index contributed by atoms with van der Waals surface area (Å²) in [5.41, 5.74) is 1.99. The number of aromatic hydroxyl groups is 1. The highest BCUT2D eigenvalue weighted by molar-refractivity contribution is 5.40. The van der Waals surface area contributed by atoms with Gasteiger partial charge in [0.15, 0.2) is 0 Å². The van der Waals surface area contributed by atoms with Gasteiger partial charge in [-0.2, -0.15) is 0 Å². The lowest BCUT2D eigenvalue weighted by atomic mass is 9.78. The molecule has 1 fully saturated rings. The molecule has 1 aliphatic carbocycles. The molecule has 0 radical (unpaired) electrons. The molecule has 0 aliphatic heterocycles. The Kier molecular flexibility index (Phi) is 3.27. The summed E-state index contributed by atoms with van der Waals surface area (Å²) >= 11 is 0. The monoisotopic (exact) mass is 268 g/mol. The van der Waals surface area contributed by atoms with Gasteiger partial charge >= 0.3 is 0 Å². The van der Waals surface area contributed by atoms with Crippen LogP contribution >= 0.6 is 0 Å². The third-order valence-corrected chi connectivity index (χ3v) is 4.45. The number of phenols is 1. The Morgan fingerprint density at radius 1 is 1.00 bits per heavy atom. The summed E-state index contributed by atoms with van der Waals surface area (Å²) in [6, 6.07) is 15.0. The van der Waals surface area contributed by atoms with E-state index in [0.29, 0.717) is 5.92 Å². The Morgan fingerprint density at radius 2 is 1.70 bits per heavy atom. The number of rotatable bonds is 3. The molecular formula is C18H20O2. The standard InChI is InChI=1S/C18H20O2/c1-18(20,15-8-10-17(19)11-9-15)16-7-3-6-14(12-16)13-4-2-5-13/h3,6-13,19-20H,2,4-5H2,1H3. The lowest BCUT2D eigenvalue weighted by molar-refractivity contribution is 0.102. The van der Waals surface area contributed by atoms with Crippen molar-refractivity contribution in [3.63, 3.8) is 0 Å². The number of hydrogen-bond donors (Lipinski definition) is 2. The third kappa shape index (κ3) is 2.32. The molecule has 2 aromatic rings. The largest absolute Gasteiger partial charge is 0.508 e. The fourth-order valence-corrected chi connectivity index (χ4v) is 2.79. The molecule has 0 bridgehead atoms. The van der Waals surface area contributed by atoms with Gasteiger partial charge in [0, 0.05) is 0 Å². The Bertz CT molecular complexity index is 595. The van der Waals surface area contributed by atoms with Crippen LogP contribution in [0.4, 0.5) is 0 Å². The molecule has 1 unspecified atom stereocenters. The molecule has 2 aromatic carbocycles. The van der Waals surface area contributed by atoms with Gasteiger partial charge in [0.05, 0.1) is 0 Å². The van der Waals surface area contributed by atoms with Crippen molar-refractivity contribution in [1.29, 1.82) is 0 Å². The Hall–Kier alpha value is -1.80. The van der Waals surface area contributed by atoms with Crippen LogP contribution in [0.15, 0.2) is 48.5 Å². The molecule has 0 aromatic heterocycles. The molecule has 2 N–H and O–H groups in total. The van der Waals surface area contributed by atoms with Crippen molar-refractivity contribution in [1.82, 2.24) is 0 Å². The van der Waals surface area contributed by atoms with Crippen molar-refractivity contribution in [2.24, 2.45) is 0 Å². The summed E-state index contributed by atoms with van der Waals surface area (Å²) in [5, 5.41) is 20.2. The summed E-state index contributed by atoms with van der Waals surface area (Å²) in [6.07, 6.45) is 3.82. The van der Waals surface area contributed by atoms with Gasteiger partial charge in [-0.3, -0.25) is 0 Å². The van der Waals surface area contributed by atoms with Crippen LogP contribution in [0.3, 0.4) is 0 Å². The average molecular weight is 268 g/mol. The number of phenolic OH excluding ortho intramolecular Hbond substituents is 1.